The fraction of sp³-hybridized carbons (Fsp3) is 0.368. The van der Waals surface area contributed by atoms with Gasteiger partial charge in [0.2, 0.25) is 0 Å². The minimum Gasteiger partial charge on any atom is -0.465 e. The second-order valence-electron chi connectivity index (χ2n) is 6.51. The van der Waals surface area contributed by atoms with E-state index in [-0.39, 0.29) is 18.6 Å². The molecule has 0 aliphatic carbocycles. The lowest BCUT2D eigenvalue weighted by molar-refractivity contribution is -0.143. The molecule has 0 radical (unpaired) electrons. The monoisotopic (exact) mass is 464 g/mol. The largest absolute Gasteiger partial charge is 0.465 e. The first-order chi connectivity index (χ1) is 13.3. The Morgan fingerprint density at radius 1 is 1.32 bits per heavy atom. The average molecular weight is 465 g/mol. The normalized spacial score (nSPS) is 12.1. The second-order valence-corrected chi connectivity index (χ2v) is 8.44. The maximum Gasteiger partial charge on any atom is 0.326 e. The molecule has 0 fully saturated rings. The SMILES string of the molecule is CCOC(=O)Cn1c(=NC(=O)c2cc(C)nn2C(C)C)sc2cc(Br)ccc21. The summed E-state index contributed by atoms with van der Waals surface area (Å²) in [4.78, 5) is 29.8. The van der Waals surface area contributed by atoms with Crippen molar-refractivity contribution in [2.24, 2.45) is 4.99 Å². The zero-order valence-corrected chi connectivity index (χ0v) is 18.5. The number of nitrogens with zero attached hydrogens (tertiary/aromatic N) is 4. The molecule has 28 heavy (non-hydrogen) atoms. The van der Waals surface area contributed by atoms with Crippen molar-refractivity contribution in [2.75, 3.05) is 6.61 Å². The Morgan fingerprint density at radius 3 is 2.75 bits per heavy atom. The van der Waals surface area contributed by atoms with Crippen LogP contribution in [0.1, 0.15) is 43.0 Å². The summed E-state index contributed by atoms with van der Waals surface area (Å²) in [7, 11) is 0. The highest BCUT2D eigenvalue weighted by Crippen LogP contribution is 2.22. The van der Waals surface area contributed by atoms with Gasteiger partial charge in [-0.25, -0.2) is 0 Å². The van der Waals surface area contributed by atoms with E-state index < -0.39 is 5.91 Å². The van der Waals surface area contributed by atoms with E-state index in [0.717, 1.165) is 20.4 Å². The molecule has 3 aromatic rings. The highest BCUT2D eigenvalue weighted by atomic mass is 79.9. The number of thiazole rings is 1. The summed E-state index contributed by atoms with van der Waals surface area (Å²) in [5.41, 5.74) is 2.00. The number of amides is 1. The molecule has 0 bridgehead atoms. The lowest BCUT2D eigenvalue weighted by atomic mass is 10.3. The van der Waals surface area contributed by atoms with Gasteiger partial charge in [0.05, 0.1) is 22.5 Å². The number of halogens is 1. The first-order valence-electron chi connectivity index (χ1n) is 8.90. The Bertz CT molecular complexity index is 1110. The summed E-state index contributed by atoms with van der Waals surface area (Å²) in [6.45, 7) is 7.81. The topological polar surface area (TPSA) is 78.5 Å². The number of ether oxygens (including phenoxy) is 1. The Labute approximate surface area is 174 Å². The van der Waals surface area contributed by atoms with Crippen LogP contribution in [-0.4, -0.2) is 32.8 Å². The molecule has 0 aliphatic heterocycles. The summed E-state index contributed by atoms with van der Waals surface area (Å²) in [6.07, 6.45) is 0. The van der Waals surface area contributed by atoms with Crippen LogP contribution in [0.25, 0.3) is 10.2 Å². The minimum absolute atomic E-state index is 0.00987. The van der Waals surface area contributed by atoms with E-state index in [0.29, 0.717) is 17.1 Å². The third-order valence-electron chi connectivity index (χ3n) is 4.00. The maximum atomic E-state index is 12.9. The Kier molecular flexibility index (Phi) is 6.14. The molecule has 7 nitrogen and oxygen atoms in total. The summed E-state index contributed by atoms with van der Waals surface area (Å²) in [6, 6.07) is 7.48. The molecule has 0 saturated heterocycles. The van der Waals surface area contributed by atoms with Crippen LogP contribution in [0, 0.1) is 6.92 Å². The Morgan fingerprint density at radius 2 is 2.07 bits per heavy atom. The number of esters is 1. The van der Waals surface area contributed by atoms with Gasteiger partial charge < -0.3 is 9.30 Å². The van der Waals surface area contributed by atoms with Crippen LogP contribution in [0.5, 0.6) is 0 Å². The van der Waals surface area contributed by atoms with Crippen molar-refractivity contribution in [3.05, 3.63) is 44.9 Å². The number of rotatable bonds is 5. The fourth-order valence-corrected chi connectivity index (χ4v) is 4.41. The fourth-order valence-electron chi connectivity index (χ4n) is 2.84. The molecular weight excluding hydrogens is 444 g/mol. The highest BCUT2D eigenvalue weighted by Gasteiger charge is 2.17. The van der Waals surface area contributed by atoms with Gasteiger partial charge in [-0.15, -0.1) is 0 Å². The van der Waals surface area contributed by atoms with Gasteiger partial charge in [0, 0.05) is 10.5 Å². The van der Waals surface area contributed by atoms with Crippen molar-refractivity contribution < 1.29 is 14.3 Å². The molecule has 1 amide bonds. The Hall–Kier alpha value is -2.26. The number of aromatic nitrogens is 3. The summed E-state index contributed by atoms with van der Waals surface area (Å²) in [5.74, 6) is -0.764. The molecule has 0 spiro atoms. The summed E-state index contributed by atoms with van der Waals surface area (Å²) in [5, 5.41) is 4.37. The van der Waals surface area contributed by atoms with E-state index in [2.05, 4.69) is 26.0 Å². The molecule has 3 rings (SSSR count). The van der Waals surface area contributed by atoms with Crippen molar-refractivity contribution in [3.63, 3.8) is 0 Å². The van der Waals surface area contributed by atoms with Crippen molar-refractivity contribution in [3.8, 4) is 0 Å². The van der Waals surface area contributed by atoms with Gasteiger partial charge in [-0.1, -0.05) is 27.3 Å². The van der Waals surface area contributed by atoms with E-state index in [1.807, 2.05) is 39.0 Å². The van der Waals surface area contributed by atoms with Crippen LogP contribution < -0.4 is 4.80 Å². The van der Waals surface area contributed by atoms with Gasteiger partial charge in [-0.2, -0.15) is 10.1 Å². The van der Waals surface area contributed by atoms with E-state index >= 15 is 0 Å². The maximum absolute atomic E-state index is 12.9. The number of aryl methyl sites for hydroxylation is 1. The number of carbonyl (C=O) groups excluding carboxylic acids is 2. The van der Waals surface area contributed by atoms with Gasteiger partial charge in [0.1, 0.15) is 12.2 Å². The van der Waals surface area contributed by atoms with E-state index in [9.17, 15) is 9.59 Å². The standard InChI is InChI=1S/C19H21BrN4O3S/c1-5-27-17(25)10-23-14-7-6-13(20)9-16(14)28-19(23)21-18(26)15-8-12(4)22-24(15)11(2)3/h6-9,11H,5,10H2,1-4H3. The average Bonchev–Trinajstić information content (AvgIpc) is 3.16. The molecule has 0 atom stereocenters. The third kappa shape index (κ3) is 4.25. The van der Waals surface area contributed by atoms with Crippen LogP contribution in [-0.2, 0) is 16.1 Å². The van der Waals surface area contributed by atoms with E-state index in [1.165, 1.54) is 11.3 Å². The predicted molar refractivity (Wildman–Crippen MR) is 111 cm³/mol. The van der Waals surface area contributed by atoms with Crippen LogP contribution in [0.4, 0.5) is 0 Å². The predicted octanol–water partition coefficient (Wildman–Crippen LogP) is 3.86. The molecule has 2 aromatic heterocycles. The van der Waals surface area contributed by atoms with Crippen LogP contribution >= 0.6 is 27.3 Å². The van der Waals surface area contributed by atoms with Crippen LogP contribution in [0.15, 0.2) is 33.7 Å². The number of fused-ring (bicyclic) bond motifs is 1. The summed E-state index contributed by atoms with van der Waals surface area (Å²) < 4.78 is 10.3. The van der Waals surface area contributed by atoms with E-state index in [1.54, 1.807) is 22.2 Å². The third-order valence-corrected chi connectivity index (χ3v) is 5.54. The van der Waals surface area contributed by atoms with Crippen molar-refractivity contribution >= 4 is 49.4 Å². The second kappa shape index (κ2) is 8.40. The molecule has 148 valence electrons. The zero-order chi connectivity index (χ0) is 20.4. The smallest absolute Gasteiger partial charge is 0.326 e. The number of benzene rings is 1. The van der Waals surface area contributed by atoms with Gasteiger partial charge >= 0.3 is 5.97 Å². The van der Waals surface area contributed by atoms with Crippen LogP contribution in [0.3, 0.4) is 0 Å². The zero-order valence-electron chi connectivity index (χ0n) is 16.1. The molecule has 0 aliphatic rings. The molecule has 1 aromatic carbocycles. The molecule has 9 heteroatoms. The van der Waals surface area contributed by atoms with E-state index in [4.69, 9.17) is 4.74 Å². The number of hydrogen-bond donors (Lipinski definition) is 0. The summed E-state index contributed by atoms with van der Waals surface area (Å²) >= 11 is 4.80. The lowest BCUT2D eigenvalue weighted by Crippen LogP contribution is -2.23. The van der Waals surface area contributed by atoms with Crippen molar-refractivity contribution in [2.45, 2.75) is 40.3 Å². The van der Waals surface area contributed by atoms with Gasteiger partial charge in [-0.3, -0.25) is 14.3 Å². The molecule has 2 heterocycles. The quantitative estimate of drug-likeness (QED) is 0.537. The first kappa shape index (κ1) is 20.5. The van der Waals surface area contributed by atoms with Crippen LogP contribution in [0.2, 0.25) is 0 Å². The number of hydrogen-bond acceptors (Lipinski definition) is 5. The van der Waals surface area contributed by atoms with Gasteiger partial charge in [-0.05, 0) is 52.0 Å². The molecule has 0 saturated carbocycles. The highest BCUT2D eigenvalue weighted by molar-refractivity contribution is 9.10. The van der Waals surface area contributed by atoms with Crippen molar-refractivity contribution in [1.82, 2.24) is 14.3 Å². The first-order valence-corrected chi connectivity index (χ1v) is 10.5. The lowest BCUT2D eigenvalue weighted by Gasteiger charge is -2.08. The minimum atomic E-state index is -0.391. The molecule has 0 unspecified atom stereocenters. The van der Waals surface area contributed by atoms with Gasteiger partial charge in [0.25, 0.3) is 5.91 Å². The van der Waals surface area contributed by atoms with Gasteiger partial charge in [0.15, 0.2) is 4.80 Å². The number of carbonyl (C=O) groups is 2. The Balaban J connectivity index is 2.13. The molecular formula is C19H21BrN4O3S. The molecule has 0 N–H and O–H groups in total. The van der Waals surface area contributed by atoms with Crippen molar-refractivity contribution in [1.29, 1.82) is 0 Å².